The smallest absolute Gasteiger partial charge is 0.354 e. The Labute approximate surface area is 82.8 Å². The third-order valence-corrected chi connectivity index (χ3v) is 1.97. The average Bonchev–Trinajstić information content (AvgIpc) is 2.18. The first-order valence-corrected chi connectivity index (χ1v) is 4.61. The van der Waals surface area contributed by atoms with E-state index in [-0.39, 0.29) is 11.7 Å². The molecule has 0 saturated carbocycles. The molecule has 3 N–H and O–H groups in total. The Kier molecular flexibility index (Phi) is 3.59. The molecule has 1 aromatic rings. The molecule has 0 aliphatic heterocycles. The zero-order valence-electron chi connectivity index (χ0n) is 8.10. The Balaban J connectivity index is 2.87. The summed E-state index contributed by atoms with van der Waals surface area (Å²) >= 11 is 0. The van der Waals surface area contributed by atoms with E-state index in [0.29, 0.717) is 5.69 Å². The summed E-state index contributed by atoms with van der Waals surface area (Å²) in [6, 6.07) is 4.72. The fraction of sp³-hybridized carbons (Fsp3) is 0.400. The molecule has 0 unspecified atom stereocenters. The quantitative estimate of drug-likeness (QED) is 0.762. The lowest BCUT2D eigenvalue weighted by Crippen LogP contribution is -2.13. The second kappa shape index (κ2) is 4.72. The van der Waals surface area contributed by atoms with Crippen molar-refractivity contribution in [2.75, 3.05) is 0 Å². The van der Waals surface area contributed by atoms with Crippen molar-refractivity contribution >= 4 is 5.97 Å². The summed E-state index contributed by atoms with van der Waals surface area (Å²) in [5, 5.41) is 8.72. The fourth-order valence-corrected chi connectivity index (χ4v) is 1.24. The van der Waals surface area contributed by atoms with Crippen molar-refractivity contribution in [3.8, 4) is 0 Å². The van der Waals surface area contributed by atoms with Crippen molar-refractivity contribution in [1.82, 2.24) is 4.98 Å². The molecule has 0 spiro atoms. The zero-order chi connectivity index (χ0) is 10.6. The van der Waals surface area contributed by atoms with Gasteiger partial charge in [-0.15, -0.1) is 0 Å². The van der Waals surface area contributed by atoms with Crippen LogP contribution in [0, 0.1) is 0 Å². The Bertz CT molecular complexity index is 326. The zero-order valence-corrected chi connectivity index (χ0v) is 8.10. The van der Waals surface area contributed by atoms with Crippen molar-refractivity contribution < 1.29 is 9.90 Å². The van der Waals surface area contributed by atoms with E-state index < -0.39 is 5.97 Å². The van der Waals surface area contributed by atoms with Crippen LogP contribution in [0.25, 0.3) is 0 Å². The Morgan fingerprint density at radius 2 is 2.36 bits per heavy atom. The van der Waals surface area contributed by atoms with Gasteiger partial charge in [0.2, 0.25) is 0 Å². The number of aromatic carboxylic acids is 1. The maximum atomic E-state index is 10.6. The molecule has 1 aromatic heterocycles. The van der Waals surface area contributed by atoms with Crippen LogP contribution in [0.15, 0.2) is 18.2 Å². The molecule has 4 heteroatoms. The summed E-state index contributed by atoms with van der Waals surface area (Å²) < 4.78 is 0. The molecule has 4 nitrogen and oxygen atoms in total. The summed E-state index contributed by atoms with van der Waals surface area (Å²) in [4.78, 5) is 14.6. The molecular formula is C10H14N2O2. The summed E-state index contributed by atoms with van der Waals surface area (Å²) in [5.74, 6) is -1.02. The van der Waals surface area contributed by atoms with Gasteiger partial charge in [0.05, 0.1) is 5.69 Å². The van der Waals surface area contributed by atoms with Crippen LogP contribution in [0.5, 0.6) is 0 Å². The molecule has 0 aliphatic carbocycles. The predicted molar refractivity (Wildman–Crippen MR) is 53.0 cm³/mol. The van der Waals surface area contributed by atoms with Gasteiger partial charge in [0.25, 0.3) is 0 Å². The third kappa shape index (κ3) is 2.53. The van der Waals surface area contributed by atoms with Gasteiger partial charge in [-0.1, -0.05) is 19.4 Å². The van der Waals surface area contributed by atoms with E-state index in [0.717, 1.165) is 12.8 Å². The molecule has 0 fully saturated rings. The van der Waals surface area contributed by atoms with Crippen molar-refractivity contribution in [2.24, 2.45) is 5.73 Å². The van der Waals surface area contributed by atoms with Gasteiger partial charge in [0.15, 0.2) is 0 Å². The van der Waals surface area contributed by atoms with Crippen molar-refractivity contribution in [3.05, 3.63) is 29.6 Å². The van der Waals surface area contributed by atoms with Gasteiger partial charge in [0.1, 0.15) is 5.69 Å². The number of carboxylic acid groups (broad SMARTS) is 1. The van der Waals surface area contributed by atoms with Gasteiger partial charge in [0, 0.05) is 6.04 Å². The van der Waals surface area contributed by atoms with Crippen LogP contribution in [-0.2, 0) is 0 Å². The maximum Gasteiger partial charge on any atom is 0.354 e. The molecule has 0 aromatic carbocycles. The van der Waals surface area contributed by atoms with E-state index in [1.165, 1.54) is 6.07 Å². The molecule has 0 radical (unpaired) electrons. The van der Waals surface area contributed by atoms with Crippen molar-refractivity contribution in [1.29, 1.82) is 0 Å². The summed E-state index contributed by atoms with van der Waals surface area (Å²) in [7, 11) is 0. The lowest BCUT2D eigenvalue weighted by molar-refractivity contribution is 0.0690. The monoisotopic (exact) mass is 194 g/mol. The van der Waals surface area contributed by atoms with Crippen LogP contribution in [0.3, 0.4) is 0 Å². The Hall–Kier alpha value is -1.42. The molecule has 0 aliphatic rings. The van der Waals surface area contributed by atoms with Gasteiger partial charge in [-0.05, 0) is 18.6 Å². The molecular weight excluding hydrogens is 180 g/mol. The van der Waals surface area contributed by atoms with E-state index in [4.69, 9.17) is 10.8 Å². The minimum Gasteiger partial charge on any atom is -0.477 e. The first-order valence-electron chi connectivity index (χ1n) is 4.61. The highest BCUT2D eigenvalue weighted by atomic mass is 16.4. The first-order chi connectivity index (χ1) is 6.65. The third-order valence-electron chi connectivity index (χ3n) is 1.97. The van der Waals surface area contributed by atoms with Gasteiger partial charge in [-0.2, -0.15) is 0 Å². The van der Waals surface area contributed by atoms with E-state index in [1.54, 1.807) is 12.1 Å². The lowest BCUT2D eigenvalue weighted by Gasteiger charge is -2.09. The Morgan fingerprint density at radius 3 is 2.93 bits per heavy atom. The molecule has 0 amide bonds. The first kappa shape index (κ1) is 10.7. The fourth-order valence-electron chi connectivity index (χ4n) is 1.24. The second-order valence-electron chi connectivity index (χ2n) is 3.15. The molecule has 1 heterocycles. The normalized spacial score (nSPS) is 12.4. The second-order valence-corrected chi connectivity index (χ2v) is 3.15. The van der Waals surface area contributed by atoms with Gasteiger partial charge < -0.3 is 10.8 Å². The largest absolute Gasteiger partial charge is 0.477 e. The average molecular weight is 194 g/mol. The van der Waals surface area contributed by atoms with E-state index >= 15 is 0 Å². The maximum absolute atomic E-state index is 10.6. The number of aromatic nitrogens is 1. The van der Waals surface area contributed by atoms with Crippen LogP contribution in [0.2, 0.25) is 0 Å². The number of pyridine rings is 1. The number of carbonyl (C=O) groups is 1. The minimum absolute atomic E-state index is 0.0500. The summed E-state index contributed by atoms with van der Waals surface area (Å²) in [6.07, 6.45) is 1.77. The standard InChI is InChI=1S/C10H14N2O2/c1-2-4-7(11)8-5-3-6-9(12-8)10(13)14/h3,5-7H,2,4,11H2,1H3,(H,13,14)/t7-/m1/s1. The molecule has 14 heavy (non-hydrogen) atoms. The van der Waals surface area contributed by atoms with Gasteiger partial charge in [-0.25, -0.2) is 9.78 Å². The van der Waals surface area contributed by atoms with Crippen LogP contribution < -0.4 is 5.73 Å². The van der Waals surface area contributed by atoms with E-state index in [2.05, 4.69) is 4.98 Å². The van der Waals surface area contributed by atoms with Crippen LogP contribution in [0.1, 0.15) is 42.0 Å². The topological polar surface area (TPSA) is 76.2 Å². The van der Waals surface area contributed by atoms with E-state index in [9.17, 15) is 4.79 Å². The van der Waals surface area contributed by atoms with Crippen molar-refractivity contribution in [3.63, 3.8) is 0 Å². The van der Waals surface area contributed by atoms with Crippen LogP contribution >= 0.6 is 0 Å². The highest BCUT2D eigenvalue weighted by molar-refractivity contribution is 5.85. The molecule has 0 bridgehead atoms. The SMILES string of the molecule is CCC[C@@H](N)c1cccc(C(=O)O)n1. The molecule has 1 atom stereocenters. The summed E-state index contributed by atoms with van der Waals surface area (Å²) in [5.41, 5.74) is 6.51. The van der Waals surface area contributed by atoms with Gasteiger partial charge in [-0.3, -0.25) is 0 Å². The van der Waals surface area contributed by atoms with Crippen molar-refractivity contribution in [2.45, 2.75) is 25.8 Å². The number of carboxylic acids is 1. The summed E-state index contributed by atoms with van der Waals surface area (Å²) in [6.45, 7) is 2.03. The van der Waals surface area contributed by atoms with Crippen LogP contribution in [0.4, 0.5) is 0 Å². The lowest BCUT2D eigenvalue weighted by atomic mass is 10.1. The molecule has 76 valence electrons. The number of rotatable bonds is 4. The number of hydrogen-bond acceptors (Lipinski definition) is 3. The predicted octanol–water partition coefficient (Wildman–Crippen LogP) is 1.58. The Morgan fingerprint density at radius 1 is 1.64 bits per heavy atom. The van der Waals surface area contributed by atoms with E-state index in [1.807, 2.05) is 6.92 Å². The molecule has 0 saturated heterocycles. The van der Waals surface area contributed by atoms with Crippen LogP contribution in [-0.4, -0.2) is 16.1 Å². The number of hydrogen-bond donors (Lipinski definition) is 2. The molecule has 1 rings (SSSR count). The number of nitrogens with two attached hydrogens (primary N) is 1. The minimum atomic E-state index is -1.02. The highest BCUT2D eigenvalue weighted by Crippen LogP contribution is 2.13. The number of nitrogens with zero attached hydrogens (tertiary/aromatic N) is 1. The highest BCUT2D eigenvalue weighted by Gasteiger charge is 2.09. The van der Waals surface area contributed by atoms with Gasteiger partial charge >= 0.3 is 5.97 Å².